The van der Waals surface area contributed by atoms with Crippen molar-refractivity contribution in [2.45, 2.75) is 6.54 Å². The third-order valence-corrected chi connectivity index (χ3v) is 4.65. The van der Waals surface area contributed by atoms with Crippen molar-refractivity contribution in [2.75, 3.05) is 6.54 Å². The molecular formula is C23H21Cl2N2+. The summed E-state index contributed by atoms with van der Waals surface area (Å²) >= 11 is 11.9. The highest BCUT2D eigenvalue weighted by Gasteiger charge is 2.11. The molecule has 2 aromatic carbocycles. The molecule has 0 saturated heterocycles. The Kier molecular flexibility index (Phi) is 6.83. The second-order valence-corrected chi connectivity index (χ2v) is 6.96. The molecule has 3 rings (SSSR count). The van der Waals surface area contributed by atoms with Crippen LogP contribution in [0.3, 0.4) is 0 Å². The van der Waals surface area contributed by atoms with Gasteiger partial charge in [-0.25, -0.2) is 0 Å². The van der Waals surface area contributed by atoms with Gasteiger partial charge in [0.15, 0.2) is 6.54 Å². The van der Waals surface area contributed by atoms with Gasteiger partial charge in [-0.2, -0.15) is 4.57 Å². The summed E-state index contributed by atoms with van der Waals surface area (Å²) in [7, 11) is 0. The van der Waals surface area contributed by atoms with E-state index in [0.29, 0.717) is 6.54 Å². The van der Waals surface area contributed by atoms with Crippen molar-refractivity contribution >= 4 is 47.5 Å². The van der Waals surface area contributed by atoms with Crippen molar-refractivity contribution < 1.29 is 4.57 Å². The quantitative estimate of drug-likeness (QED) is 0.542. The largest absolute Gasteiger partial charge is 0.325 e. The fourth-order valence-electron chi connectivity index (χ4n) is 2.76. The Balaban J connectivity index is 1.89. The van der Waals surface area contributed by atoms with Crippen LogP contribution in [-0.2, 0) is 6.54 Å². The zero-order valence-electron chi connectivity index (χ0n) is 14.9. The minimum Gasteiger partial charge on any atom is -0.325 e. The third-order valence-electron chi connectivity index (χ3n) is 4.14. The summed E-state index contributed by atoms with van der Waals surface area (Å²) in [6, 6.07) is 21.8. The average molecular weight is 396 g/mol. The molecule has 0 aliphatic rings. The van der Waals surface area contributed by atoms with Crippen molar-refractivity contribution in [1.29, 1.82) is 0 Å². The normalized spacial score (nSPS) is 11.5. The van der Waals surface area contributed by atoms with Gasteiger partial charge in [-0.15, -0.1) is 0 Å². The first-order valence-corrected chi connectivity index (χ1v) is 9.51. The zero-order chi connectivity index (χ0) is 19.1. The summed E-state index contributed by atoms with van der Waals surface area (Å²) in [5, 5.41) is 1.47. The second-order valence-electron chi connectivity index (χ2n) is 6.09. The summed E-state index contributed by atoms with van der Waals surface area (Å²) in [4.78, 5) is 0. The van der Waals surface area contributed by atoms with Crippen molar-refractivity contribution in [3.8, 4) is 0 Å². The lowest BCUT2D eigenvalue weighted by Crippen LogP contribution is -2.43. The maximum Gasteiger partial charge on any atom is 0.205 e. The van der Waals surface area contributed by atoms with Crippen LogP contribution >= 0.6 is 23.2 Å². The Labute approximate surface area is 170 Å². The highest BCUT2D eigenvalue weighted by molar-refractivity contribution is 6.30. The number of halogens is 2. The van der Waals surface area contributed by atoms with Crippen LogP contribution in [0.4, 0.5) is 0 Å². The minimum absolute atomic E-state index is 0.568. The molecule has 4 heteroatoms. The predicted molar refractivity (Wildman–Crippen MR) is 116 cm³/mol. The predicted octanol–water partition coefficient (Wildman–Crippen LogP) is 5.58. The van der Waals surface area contributed by atoms with Crippen LogP contribution in [0, 0.1) is 0 Å². The zero-order valence-corrected chi connectivity index (χ0v) is 16.4. The van der Waals surface area contributed by atoms with E-state index in [1.807, 2.05) is 48.5 Å². The molecule has 0 amide bonds. The topological polar surface area (TPSA) is 29.9 Å². The van der Waals surface area contributed by atoms with Crippen LogP contribution in [0.15, 0.2) is 66.7 Å². The van der Waals surface area contributed by atoms with E-state index in [1.165, 1.54) is 0 Å². The molecule has 0 bridgehead atoms. The van der Waals surface area contributed by atoms with E-state index >= 15 is 0 Å². The van der Waals surface area contributed by atoms with Crippen LogP contribution in [0.25, 0.3) is 24.3 Å². The summed E-state index contributed by atoms with van der Waals surface area (Å²) in [6.07, 6.45) is 8.34. The van der Waals surface area contributed by atoms with E-state index in [-0.39, 0.29) is 0 Å². The summed E-state index contributed by atoms with van der Waals surface area (Å²) < 4.78 is 2.21. The van der Waals surface area contributed by atoms with Gasteiger partial charge in [-0.1, -0.05) is 47.5 Å². The lowest BCUT2D eigenvalue weighted by atomic mass is 10.1. The number of benzene rings is 2. The smallest absolute Gasteiger partial charge is 0.205 e. The molecule has 136 valence electrons. The summed E-state index contributed by atoms with van der Waals surface area (Å²) in [6.45, 7) is 1.31. The van der Waals surface area contributed by atoms with Crippen LogP contribution in [0.5, 0.6) is 0 Å². The van der Waals surface area contributed by atoms with E-state index in [4.69, 9.17) is 28.9 Å². The minimum atomic E-state index is 0.568. The van der Waals surface area contributed by atoms with E-state index in [0.717, 1.165) is 39.1 Å². The highest BCUT2D eigenvalue weighted by Crippen LogP contribution is 2.14. The molecule has 27 heavy (non-hydrogen) atoms. The number of nitrogens with two attached hydrogens (primary N) is 1. The Morgan fingerprint density at radius 3 is 1.52 bits per heavy atom. The lowest BCUT2D eigenvalue weighted by Gasteiger charge is -2.03. The van der Waals surface area contributed by atoms with Gasteiger partial charge in [0, 0.05) is 34.3 Å². The summed E-state index contributed by atoms with van der Waals surface area (Å²) in [5.41, 5.74) is 10.2. The Morgan fingerprint density at radius 2 is 1.11 bits per heavy atom. The Morgan fingerprint density at radius 1 is 0.667 bits per heavy atom. The fourth-order valence-corrected chi connectivity index (χ4v) is 3.02. The molecule has 0 aliphatic heterocycles. The van der Waals surface area contributed by atoms with Crippen LogP contribution in [0.1, 0.15) is 22.5 Å². The molecule has 0 aliphatic carbocycles. The number of hydrogen-bond acceptors (Lipinski definition) is 1. The molecule has 2 N–H and O–H groups in total. The van der Waals surface area contributed by atoms with Gasteiger partial charge in [-0.3, -0.25) is 0 Å². The number of nitrogens with zero attached hydrogens (tertiary/aromatic N) is 1. The summed E-state index contributed by atoms with van der Waals surface area (Å²) in [5.74, 6) is 0. The van der Waals surface area contributed by atoms with Crippen molar-refractivity contribution in [2.24, 2.45) is 5.73 Å². The molecular weight excluding hydrogens is 375 g/mol. The number of aromatic nitrogens is 1. The average Bonchev–Trinajstić information content (AvgIpc) is 2.68. The van der Waals surface area contributed by atoms with Gasteiger partial charge in [0.1, 0.15) is 0 Å². The van der Waals surface area contributed by atoms with Gasteiger partial charge in [0.05, 0.1) is 6.54 Å². The van der Waals surface area contributed by atoms with E-state index in [9.17, 15) is 0 Å². The van der Waals surface area contributed by atoms with Crippen molar-refractivity contribution in [3.63, 3.8) is 0 Å². The van der Waals surface area contributed by atoms with Crippen molar-refractivity contribution in [1.82, 2.24) is 0 Å². The lowest BCUT2D eigenvalue weighted by molar-refractivity contribution is -0.697. The SMILES string of the molecule is NCC[n+]1c(/C=C/c2ccc(Cl)cc2)cccc1/C=C/c1ccc(Cl)cc1. The molecule has 3 aromatic rings. The molecule has 0 unspecified atom stereocenters. The molecule has 0 saturated carbocycles. The van der Waals surface area contributed by atoms with E-state index in [1.54, 1.807) is 0 Å². The molecule has 1 aromatic heterocycles. The molecule has 0 spiro atoms. The standard InChI is InChI=1S/C23H21Cl2N2/c24-20-10-4-18(5-11-20)8-14-22-2-1-3-23(27(22)17-16-26)15-9-19-6-12-21(25)13-7-19/h1-15H,16-17,26H2/q+1/b14-8+,15-9+. The third kappa shape index (κ3) is 5.54. The fraction of sp³-hybridized carbons (Fsp3) is 0.0870. The van der Waals surface area contributed by atoms with Gasteiger partial charge in [0.2, 0.25) is 11.4 Å². The monoisotopic (exact) mass is 395 g/mol. The number of hydrogen-bond donors (Lipinski definition) is 1. The Hall–Kier alpha value is -2.39. The molecule has 1 heterocycles. The van der Waals surface area contributed by atoms with Crippen LogP contribution < -0.4 is 10.3 Å². The van der Waals surface area contributed by atoms with Gasteiger partial charge < -0.3 is 5.73 Å². The van der Waals surface area contributed by atoms with Gasteiger partial charge in [0.25, 0.3) is 0 Å². The molecule has 0 radical (unpaired) electrons. The van der Waals surface area contributed by atoms with Gasteiger partial charge >= 0.3 is 0 Å². The maximum absolute atomic E-state index is 5.95. The Bertz CT molecular complexity index is 869. The molecule has 0 fully saturated rings. The van der Waals surface area contributed by atoms with Crippen molar-refractivity contribution in [3.05, 3.63) is 99.3 Å². The van der Waals surface area contributed by atoms with Crippen LogP contribution in [0.2, 0.25) is 10.0 Å². The van der Waals surface area contributed by atoms with E-state index < -0.39 is 0 Å². The first kappa shape index (κ1) is 19.4. The van der Waals surface area contributed by atoms with Gasteiger partial charge in [-0.05, 0) is 53.6 Å². The second kappa shape index (κ2) is 9.52. The molecule has 2 nitrogen and oxygen atoms in total. The first-order chi connectivity index (χ1) is 13.2. The number of pyridine rings is 1. The maximum atomic E-state index is 5.95. The molecule has 0 atom stereocenters. The van der Waals surface area contributed by atoms with E-state index in [2.05, 4.69) is 47.1 Å². The van der Waals surface area contributed by atoms with Crippen LogP contribution in [-0.4, -0.2) is 6.54 Å². The highest BCUT2D eigenvalue weighted by atomic mass is 35.5. The first-order valence-electron chi connectivity index (χ1n) is 8.76. The number of rotatable bonds is 6.